The fraction of sp³-hybridized carbons (Fsp3) is 0.400. The van der Waals surface area contributed by atoms with Crippen molar-refractivity contribution in [1.82, 2.24) is 9.88 Å². The highest BCUT2D eigenvalue weighted by atomic mass is 16.1. The molecule has 1 N–H and O–H groups in total. The van der Waals surface area contributed by atoms with Gasteiger partial charge in [0.15, 0.2) is 0 Å². The van der Waals surface area contributed by atoms with E-state index in [0.29, 0.717) is 11.6 Å². The maximum absolute atomic E-state index is 12.7. The number of piperazine rings is 1. The molecule has 5 heteroatoms. The second kappa shape index (κ2) is 7.66. The molecular formula is C20H26N4O. The zero-order valence-electron chi connectivity index (χ0n) is 15.2. The maximum atomic E-state index is 12.7. The van der Waals surface area contributed by atoms with E-state index in [1.54, 1.807) is 6.20 Å². The summed E-state index contributed by atoms with van der Waals surface area (Å²) in [7, 11) is 2.13. The normalized spacial score (nSPS) is 15.4. The molecule has 3 rings (SSSR count). The smallest absolute Gasteiger partial charge is 0.274 e. The van der Waals surface area contributed by atoms with Gasteiger partial charge in [-0.2, -0.15) is 0 Å². The molecular weight excluding hydrogens is 312 g/mol. The number of carbonyl (C=O) groups excluding carboxylic acids is 1. The van der Waals surface area contributed by atoms with Crippen LogP contribution in [-0.4, -0.2) is 49.0 Å². The van der Waals surface area contributed by atoms with E-state index >= 15 is 0 Å². The van der Waals surface area contributed by atoms with Gasteiger partial charge >= 0.3 is 0 Å². The molecule has 1 amide bonds. The van der Waals surface area contributed by atoms with Crippen molar-refractivity contribution in [2.45, 2.75) is 19.8 Å². The number of nitrogens with one attached hydrogen (secondary N) is 1. The Kier molecular flexibility index (Phi) is 5.34. The van der Waals surface area contributed by atoms with Crippen LogP contribution in [0.5, 0.6) is 0 Å². The fourth-order valence-corrected chi connectivity index (χ4v) is 3.11. The number of amides is 1. The summed E-state index contributed by atoms with van der Waals surface area (Å²) in [5.41, 5.74) is 3.50. The average Bonchev–Trinajstić information content (AvgIpc) is 2.62. The van der Waals surface area contributed by atoms with Gasteiger partial charge in [0, 0.05) is 43.8 Å². The Labute approximate surface area is 149 Å². The van der Waals surface area contributed by atoms with E-state index in [1.165, 1.54) is 0 Å². The van der Waals surface area contributed by atoms with Crippen molar-refractivity contribution in [2.24, 2.45) is 0 Å². The largest absolute Gasteiger partial charge is 0.369 e. The first-order chi connectivity index (χ1) is 12.0. The van der Waals surface area contributed by atoms with Crippen molar-refractivity contribution in [3.8, 4) is 0 Å². The predicted octanol–water partition coefficient (Wildman–Crippen LogP) is 3.21. The number of rotatable bonds is 4. The molecule has 2 heterocycles. The van der Waals surface area contributed by atoms with Crippen LogP contribution in [0.3, 0.4) is 0 Å². The minimum atomic E-state index is -0.163. The predicted molar refractivity (Wildman–Crippen MR) is 102 cm³/mol. The van der Waals surface area contributed by atoms with Gasteiger partial charge in [0.05, 0.1) is 0 Å². The standard InChI is InChI=1S/C20H26N4O/c1-15(2)17-6-4-5-7-18(17)22-20(25)19-14-16(8-9-21-19)24-12-10-23(3)11-13-24/h4-9,14-15H,10-13H2,1-3H3,(H,22,25). The summed E-state index contributed by atoms with van der Waals surface area (Å²) in [6.45, 7) is 8.25. The first-order valence-corrected chi connectivity index (χ1v) is 8.84. The SMILES string of the molecule is CC(C)c1ccccc1NC(=O)c1cc(N2CCN(C)CC2)ccn1. The molecule has 1 aliphatic rings. The molecule has 0 aliphatic carbocycles. The van der Waals surface area contributed by atoms with Crippen LogP contribution >= 0.6 is 0 Å². The molecule has 5 nitrogen and oxygen atoms in total. The summed E-state index contributed by atoms with van der Waals surface area (Å²) in [5.74, 6) is 0.185. The second-order valence-electron chi connectivity index (χ2n) is 6.89. The fourth-order valence-electron chi connectivity index (χ4n) is 3.11. The molecule has 1 aromatic heterocycles. The molecule has 25 heavy (non-hydrogen) atoms. The van der Waals surface area contributed by atoms with Crippen molar-refractivity contribution in [3.63, 3.8) is 0 Å². The lowest BCUT2D eigenvalue weighted by Gasteiger charge is -2.34. The van der Waals surface area contributed by atoms with Gasteiger partial charge in [0.25, 0.3) is 5.91 Å². The molecule has 132 valence electrons. The average molecular weight is 338 g/mol. The molecule has 0 unspecified atom stereocenters. The lowest BCUT2D eigenvalue weighted by atomic mass is 10.0. The molecule has 0 bridgehead atoms. The minimum absolute atomic E-state index is 0.163. The molecule has 1 aliphatic heterocycles. The topological polar surface area (TPSA) is 48.5 Å². The Bertz CT molecular complexity index is 736. The van der Waals surface area contributed by atoms with E-state index in [1.807, 2.05) is 36.4 Å². The Morgan fingerprint density at radius 3 is 2.56 bits per heavy atom. The number of nitrogens with zero attached hydrogens (tertiary/aromatic N) is 3. The van der Waals surface area contributed by atoms with Crippen molar-refractivity contribution < 1.29 is 4.79 Å². The van der Waals surface area contributed by atoms with Crippen molar-refractivity contribution >= 4 is 17.3 Å². The van der Waals surface area contributed by atoms with E-state index in [9.17, 15) is 4.79 Å². The van der Waals surface area contributed by atoms with Crippen molar-refractivity contribution in [2.75, 3.05) is 43.4 Å². The number of benzene rings is 1. The summed E-state index contributed by atoms with van der Waals surface area (Å²) in [6, 6.07) is 11.8. The Hall–Kier alpha value is -2.40. The van der Waals surface area contributed by atoms with E-state index in [-0.39, 0.29) is 5.91 Å². The van der Waals surface area contributed by atoms with E-state index < -0.39 is 0 Å². The molecule has 0 saturated carbocycles. The lowest BCUT2D eigenvalue weighted by Crippen LogP contribution is -2.44. The first-order valence-electron chi connectivity index (χ1n) is 8.84. The lowest BCUT2D eigenvalue weighted by molar-refractivity contribution is 0.102. The number of anilines is 2. The highest BCUT2D eigenvalue weighted by Gasteiger charge is 2.17. The monoisotopic (exact) mass is 338 g/mol. The zero-order valence-corrected chi connectivity index (χ0v) is 15.2. The molecule has 1 aromatic carbocycles. The van der Waals surface area contributed by atoms with Crippen LogP contribution < -0.4 is 10.2 Å². The van der Waals surface area contributed by atoms with Crippen LogP contribution in [0, 0.1) is 0 Å². The third-order valence-electron chi connectivity index (χ3n) is 4.68. The summed E-state index contributed by atoms with van der Waals surface area (Å²) < 4.78 is 0. The molecule has 1 saturated heterocycles. The van der Waals surface area contributed by atoms with Crippen molar-refractivity contribution in [1.29, 1.82) is 0 Å². The summed E-state index contributed by atoms with van der Waals surface area (Å²) >= 11 is 0. The van der Waals surface area contributed by atoms with Crippen LogP contribution in [-0.2, 0) is 0 Å². The van der Waals surface area contributed by atoms with Gasteiger partial charge < -0.3 is 15.1 Å². The third-order valence-corrected chi connectivity index (χ3v) is 4.68. The summed E-state index contributed by atoms with van der Waals surface area (Å²) in [4.78, 5) is 21.6. The van der Waals surface area contributed by atoms with Crippen molar-refractivity contribution in [3.05, 3.63) is 53.9 Å². The molecule has 2 aromatic rings. The van der Waals surface area contributed by atoms with Gasteiger partial charge in [0.2, 0.25) is 0 Å². The number of para-hydroxylation sites is 1. The number of carbonyl (C=O) groups is 1. The summed E-state index contributed by atoms with van der Waals surface area (Å²) in [6.07, 6.45) is 1.72. The quantitative estimate of drug-likeness (QED) is 0.930. The van der Waals surface area contributed by atoms with Crippen LogP contribution in [0.15, 0.2) is 42.6 Å². The van der Waals surface area contributed by atoms with E-state index in [2.05, 4.69) is 41.0 Å². The Balaban J connectivity index is 1.76. The van der Waals surface area contributed by atoms with E-state index in [4.69, 9.17) is 0 Å². The van der Waals surface area contributed by atoms with Gasteiger partial charge in [-0.05, 0) is 36.7 Å². The van der Waals surface area contributed by atoms with Gasteiger partial charge in [0.1, 0.15) is 5.69 Å². The number of aromatic nitrogens is 1. The Morgan fingerprint density at radius 2 is 1.84 bits per heavy atom. The van der Waals surface area contributed by atoms with E-state index in [0.717, 1.165) is 43.1 Å². The number of hydrogen-bond acceptors (Lipinski definition) is 4. The molecule has 1 fully saturated rings. The van der Waals surface area contributed by atoms with Crippen LogP contribution in [0.1, 0.15) is 35.8 Å². The van der Waals surface area contributed by atoms with Gasteiger partial charge in [-0.3, -0.25) is 9.78 Å². The first kappa shape index (κ1) is 17.4. The van der Waals surface area contributed by atoms with Crippen LogP contribution in [0.4, 0.5) is 11.4 Å². The van der Waals surface area contributed by atoms with Gasteiger partial charge in [-0.1, -0.05) is 32.0 Å². The molecule has 0 radical (unpaired) electrons. The maximum Gasteiger partial charge on any atom is 0.274 e. The highest BCUT2D eigenvalue weighted by Crippen LogP contribution is 2.24. The van der Waals surface area contributed by atoms with Gasteiger partial charge in [-0.15, -0.1) is 0 Å². The van der Waals surface area contributed by atoms with Crippen LogP contribution in [0.2, 0.25) is 0 Å². The molecule has 0 atom stereocenters. The van der Waals surface area contributed by atoms with Crippen LogP contribution in [0.25, 0.3) is 0 Å². The molecule has 0 spiro atoms. The van der Waals surface area contributed by atoms with Gasteiger partial charge in [-0.25, -0.2) is 0 Å². The highest BCUT2D eigenvalue weighted by molar-refractivity contribution is 6.03. The second-order valence-corrected chi connectivity index (χ2v) is 6.89. The summed E-state index contributed by atoms with van der Waals surface area (Å²) in [5, 5.41) is 3.02. The Morgan fingerprint density at radius 1 is 1.12 bits per heavy atom. The number of pyridine rings is 1. The zero-order chi connectivity index (χ0) is 17.8. The third kappa shape index (κ3) is 4.17. The number of likely N-dealkylation sites (N-methyl/N-ethyl adjacent to an activating group) is 1. The number of hydrogen-bond donors (Lipinski definition) is 1. The minimum Gasteiger partial charge on any atom is -0.369 e.